The van der Waals surface area contributed by atoms with Crippen molar-refractivity contribution in [1.82, 2.24) is 4.98 Å². The Morgan fingerprint density at radius 2 is 1.75 bits per heavy atom. The fourth-order valence-corrected chi connectivity index (χ4v) is 2.94. The Bertz CT molecular complexity index is 980. The van der Waals surface area contributed by atoms with Crippen LogP contribution >= 0.6 is 0 Å². The number of aromatic nitrogens is 1. The normalized spacial score (nSPS) is 10.8. The summed E-state index contributed by atoms with van der Waals surface area (Å²) in [5.41, 5.74) is 4.19. The fourth-order valence-electron chi connectivity index (χ4n) is 2.94. The van der Waals surface area contributed by atoms with E-state index in [1.807, 2.05) is 61.5 Å². The van der Waals surface area contributed by atoms with Crippen LogP contribution in [0, 0.1) is 6.92 Å². The van der Waals surface area contributed by atoms with E-state index in [1.54, 1.807) is 0 Å². The SMILES string of the molecule is CCc1cccc(Oc2cccc(NC(=O)c3ccc(C(C)C)nc3C)c2)c1. The molecule has 1 heterocycles. The molecule has 0 spiro atoms. The van der Waals surface area contributed by atoms with Gasteiger partial charge in [0.1, 0.15) is 11.5 Å². The molecule has 4 nitrogen and oxygen atoms in total. The number of amides is 1. The van der Waals surface area contributed by atoms with Crippen molar-refractivity contribution in [3.05, 3.63) is 83.2 Å². The smallest absolute Gasteiger partial charge is 0.257 e. The van der Waals surface area contributed by atoms with Crippen molar-refractivity contribution in [2.45, 2.75) is 40.0 Å². The topological polar surface area (TPSA) is 51.2 Å². The van der Waals surface area contributed by atoms with Gasteiger partial charge in [-0.2, -0.15) is 0 Å². The Morgan fingerprint density at radius 1 is 1.04 bits per heavy atom. The second-order valence-corrected chi connectivity index (χ2v) is 7.11. The van der Waals surface area contributed by atoms with Crippen LogP contribution in [-0.2, 0) is 6.42 Å². The van der Waals surface area contributed by atoms with Crippen LogP contribution < -0.4 is 10.1 Å². The molecule has 144 valence electrons. The van der Waals surface area contributed by atoms with Gasteiger partial charge in [0.25, 0.3) is 5.91 Å². The quantitative estimate of drug-likeness (QED) is 0.565. The molecule has 1 amide bonds. The van der Waals surface area contributed by atoms with E-state index >= 15 is 0 Å². The van der Waals surface area contributed by atoms with E-state index in [0.717, 1.165) is 23.6 Å². The standard InChI is InChI=1S/C24H26N2O2/c1-5-18-8-6-10-20(14-18)28-21-11-7-9-19(15-21)26-24(27)22-12-13-23(16(2)3)25-17(22)4/h6-16H,5H2,1-4H3,(H,26,27). The highest BCUT2D eigenvalue weighted by molar-refractivity contribution is 6.05. The number of carbonyl (C=O) groups is 1. The summed E-state index contributed by atoms with van der Waals surface area (Å²) in [7, 11) is 0. The Morgan fingerprint density at radius 3 is 2.43 bits per heavy atom. The zero-order valence-electron chi connectivity index (χ0n) is 16.8. The lowest BCUT2D eigenvalue weighted by atomic mass is 10.1. The highest BCUT2D eigenvalue weighted by Gasteiger charge is 2.12. The van der Waals surface area contributed by atoms with Gasteiger partial charge in [-0.3, -0.25) is 9.78 Å². The Labute approximate surface area is 166 Å². The average Bonchev–Trinajstić information content (AvgIpc) is 2.68. The molecule has 0 fully saturated rings. The number of benzene rings is 2. The van der Waals surface area contributed by atoms with Crippen LogP contribution in [0.4, 0.5) is 5.69 Å². The van der Waals surface area contributed by atoms with Gasteiger partial charge in [0.2, 0.25) is 0 Å². The largest absolute Gasteiger partial charge is 0.457 e. The van der Waals surface area contributed by atoms with Crippen molar-refractivity contribution in [1.29, 1.82) is 0 Å². The van der Waals surface area contributed by atoms with Crippen molar-refractivity contribution >= 4 is 11.6 Å². The minimum absolute atomic E-state index is 0.176. The van der Waals surface area contributed by atoms with Crippen molar-refractivity contribution in [3.8, 4) is 11.5 Å². The molecule has 0 saturated heterocycles. The lowest BCUT2D eigenvalue weighted by Gasteiger charge is -2.12. The molecule has 2 aromatic carbocycles. The predicted molar refractivity (Wildman–Crippen MR) is 113 cm³/mol. The van der Waals surface area contributed by atoms with Crippen molar-refractivity contribution < 1.29 is 9.53 Å². The summed E-state index contributed by atoms with van der Waals surface area (Å²) >= 11 is 0. The number of hydrogen-bond acceptors (Lipinski definition) is 3. The molecule has 1 N–H and O–H groups in total. The van der Waals surface area contributed by atoms with Crippen molar-refractivity contribution in [2.24, 2.45) is 0 Å². The van der Waals surface area contributed by atoms with Gasteiger partial charge >= 0.3 is 0 Å². The third kappa shape index (κ3) is 4.77. The van der Waals surface area contributed by atoms with E-state index in [0.29, 0.717) is 22.9 Å². The molecule has 1 aromatic heterocycles. The molecule has 3 rings (SSSR count). The van der Waals surface area contributed by atoms with Crippen LogP contribution in [0.15, 0.2) is 60.7 Å². The van der Waals surface area contributed by atoms with E-state index in [9.17, 15) is 4.79 Å². The molecule has 28 heavy (non-hydrogen) atoms. The molecule has 0 aliphatic heterocycles. The molecule has 0 bridgehead atoms. The summed E-state index contributed by atoms with van der Waals surface area (Å²) < 4.78 is 5.95. The third-order valence-corrected chi connectivity index (χ3v) is 4.58. The van der Waals surface area contributed by atoms with E-state index in [4.69, 9.17) is 4.74 Å². The predicted octanol–water partition coefficient (Wildman–Crippen LogP) is 6.12. The number of nitrogens with zero attached hydrogens (tertiary/aromatic N) is 1. The first-order valence-electron chi connectivity index (χ1n) is 9.62. The zero-order chi connectivity index (χ0) is 20.1. The first-order valence-corrected chi connectivity index (χ1v) is 9.62. The lowest BCUT2D eigenvalue weighted by Crippen LogP contribution is -2.14. The summed E-state index contributed by atoms with van der Waals surface area (Å²) in [5, 5.41) is 2.94. The van der Waals surface area contributed by atoms with Gasteiger partial charge in [-0.15, -0.1) is 0 Å². The number of hydrogen-bond donors (Lipinski definition) is 1. The number of nitrogens with one attached hydrogen (secondary N) is 1. The molecule has 0 aliphatic rings. The molecule has 0 unspecified atom stereocenters. The van der Waals surface area contributed by atoms with Gasteiger partial charge in [0.05, 0.1) is 11.3 Å². The van der Waals surface area contributed by atoms with Crippen LogP contribution in [0.5, 0.6) is 11.5 Å². The summed E-state index contributed by atoms with van der Waals surface area (Å²) in [5.74, 6) is 1.62. The van der Waals surface area contributed by atoms with Crippen LogP contribution in [0.3, 0.4) is 0 Å². The summed E-state index contributed by atoms with van der Waals surface area (Å²) in [6, 6.07) is 19.2. The van der Waals surface area contributed by atoms with E-state index in [-0.39, 0.29) is 5.91 Å². The molecular weight excluding hydrogens is 348 g/mol. The summed E-state index contributed by atoms with van der Waals surface area (Å²) in [6.07, 6.45) is 0.955. The Kier molecular flexibility index (Phi) is 6.09. The van der Waals surface area contributed by atoms with E-state index < -0.39 is 0 Å². The van der Waals surface area contributed by atoms with E-state index in [1.165, 1.54) is 5.56 Å². The Balaban J connectivity index is 1.74. The molecule has 3 aromatic rings. The average molecular weight is 374 g/mol. The molecule has 0 aliphatic carbocycles. The van der Waals surface area contributed by atoms with Crippen LogP contribution in [0.2, 0.25) is 0 Å². The van der Waals surface area contributed by atoms with Crippen LogP contribution in [0.25, 0.3) is 0 Å². The number of rotatable bonds is 6. The highest BCUT2D eigenvalue weighted by atomic mass is 16.5. The first-order chi connectivity index (χ1) is 13.5. The maximum atomic E-state index is 12.7. The third-order valence-electron chi connectivity index (χ3n) is 4.58. The number of anilines is 1. The summed E-state index contributed by atoms with van der Waals surface area (Å²) in [6.45, 7) is 8.15. The zero-order valence-corrected chi connectivity index (χ0v) is 16.8. The maximum Gasteiger partial charge on any atom is 0.257 e. The number of pyridine rings is 1. The van der Waals surface area contributed by atoms with Gasteiger partial charge in [-0.25, -0.2) is 0 Å². The number of aryl methyl sites for hydroxylation is 2. The lowest BCUT2D eigenvalue weighted by molar-refractivity contribution is 0.102. The van der Waals surface area contributed by atoms with Gasteiger partial charge in [0, 0.05) is 17.4 Å². The maximum absolute atomic E-state index is 12.7. The number of ether oxygens (including phenoxy) is 1. The molecular formula is C24H26N2O2. The fraction of sp³-hybridized carbons (Fsp3) is 0.250. The van der Waals surface area contributed by atoms with Crippen molar-refractivity contribution in [2.75, 3.05) is 5.32 Å². The minimum atomic E-state index is -0.176. The first kappa shape index (κ1) is 19.6. The monoisotopic (exact) mass is 374 g/mol. The van der Waals surface area contributed by atoms with Gasteiger partial charge in [0.15, 0.2) is 0 Å². The molecule has 4 heteroatoms. The van der Waals surface area contributed by atoms with Crippen LogP contribution in [0.1, 0.15) is 54.0 Å². The van der Waals surface area contributed by atoms with Gasteiger partial charge < -0.3 is 10.1 Å². The second-order valence-electron chi connectivity index (χ2n) is 7.11. The van der Waals surface area contributed by atoms with Crippen molar-refractivity contribution in [3.63, 3.8) is 0 Å². The van der Waals surface area contributed by atoms with Gasteiger partial charge in [-0.1, -0.05) is 39.0 Å². The Hall–Kier alpha value is -3.14. The second kappa shape index (κ2) is 8.70. The highest BCUT2D eigenvalue weighted by Crippen LogP contribution is 2.25. The minimum Gasteiger partial charge on any atom is -0.457 e. The number of carbonyl (C=O) groups excluding carboxylic acids is 1. The molecule has 0 atom stereocenters. The van der Waals surface area contributed by atoms with Gasteiger partial charge in [-0.05, 0) is 61.2 Å². The van der Waals surface area contributed by atoms with E-state index in [2.05, 4.69) is 37.1 Å². The molecule has 0 radical (unpaired) electrons. The summed E-state index contributed by atoms with van der Waals surface area (Å²) in [4.78, 5) is 17.2. The molecule has 0 saturated carbocycles. The van der Waals surface area contributed by atoms with Crippen LogP contribution in [-0.4, -0.2) is 10.9 Å².